The van der Waals surface area contributed by atoms with Gasteiger partial charge in [-0.15, -0.1) is 0 Å². The van der Waals surface area contributed by atoms with Gasteiger partial charge in [0, 0.05) is 0 Å². The summed E-state index contributed by atoms with van der Waals surface area (Å²) < 4.78 is 0. The maximum atomic E-state index is 11.4. The van der Waals surface area contributed by atoms with E-state index in [0.717, 1.165) is 6.08 Å². The Labute approximate surface area is 116 Å². The molecule has 0 aliphatic carbocycles. The van der Waals surface area contributed by atoms with Crippen LogP contribution in [0, 0.1) is 10.1 Å². The van der Waals surface area contributed by atoms with Gasteiger partial charge in [-0.25, -0.2) is 4.79 Å². The third-order valence-electron chi connectivity index (χ3n) is 2.57. The number of nitrogens with zero attached hydrogens (tertiary/aromatic N) is 1. The van der Waals surface area contributed by atoms with Gasteiger partial charge in [0.1, 0.15) is 5.69 Å². The number of phenolic OH excluding ortho intramolecular Hbond substituents is 2. The molecule has 21 heavy (non-hydrogen) atoms. The molecule has 0 bridgehead atoms. The third kappa shape index (κ3) is 2.97. The highest BCUT2D eigenvalue weighted by molar-refractivity contribution is 5.72. The predicted molar refractivity (Wildman–Crippen MR) is 73.0 cm³/mol. The van der Waals surface area contributed by atoms with Crippen molar-refractivity contribution in [1.29, 1.82) is 0 Å². The molecule has 0 saturated carbocycles. The molecule has 4 N–H and O–H groups in total. The number of aromatic hydroxyl groups is 2. The fourth-order valence-corrected chi connectivity index (χ4v) is 1.62. The molecule has 0 unspecified atom stereocenters. The van der Waals surface area contributed by atoms with Gasteiger partial charge in [0.15, 0.2) is 11.5 Å². The van der Waals surface area contributed by atoms with E-state index in [-0.39, 0.29) is 17.2 Å². The first-order valence-corrected chi connectivity index (χ1v) is 5.59. The molecule has 1 aromatic heterocycles. The van der Waals surface area contributed by atoms with E-state index in [4.69, 9.17) is 5.11 Å². The Hall–Kier alpha value is -3.36. The summed E-state index contributed by atoms with van der Waals surface area (Å²) in [5.41, 5.74) is -2.66. The Morgan fingerprint density at radius 1 is 1.10 bits per heavy atom. The Bertz CT molecular complexity index is 849. The number of aromatic amines is 2. The first-order valence-electron chi connectivity index (χ1n) is 5.59. The van der Waals surface area contributed by atoms with Crippen molar-refractivity contribution in [1.82, 2.24) is 9.97 Å². The van der Waals surface area contributed by atoms with Crippen LogP contribution in [-0.2, 0) is 0 Å². The van der Waals surface area contributed by atoms with Crippen LogP contribution in [-0.4, -0.2) is 25.1 Å². The molecule has 9 heteroatoms. The van der Waals surface area contributed by atoms with Gasteiger partial charge in [-0.3, -0.25) is 19.9 Å². The van der Waals surface area contributed by atoms with E-state index in [0.29, 0.717) is 5.56 Å². The molecular weight excluding hydrogens is 282 g/mol. The van der Waals surface area contributed by atoms with Gasteiger partial charge in [-0.2, -0.15) is 0 Å². The molecule has 0 radical (unpaired) electrons. The summed E-state index contributed by atoms with van der Waals surface area (Å²) in [5.74, 6) is -0.686. The van der Waals surface area contributed by atoms with Crippen LogP contribution in [0.5, 0.6) is 11.5 Å². The van der Waals surface area contributed by atoms with E-state index < -0.39 is 21.9 Å². The molecule has 0 fully saturated rings. The van der Waals surface area contributed by atoms with Crippen molar-refractivity contribution in [2.24, 2.45) is 0 Å². The minimum atomic E-state index is -1.11. The zero-order valence-corrected chi connectivity index (χ0v) is 10.4. The smallest absolute Gasteiger partial charge is 0.357 e. The number of nitrogens with one attached hydrogen (secondary N) is 2. The predicted octanol–water partition coefficient (Wildman–Crippen LogP) is 0.553. The summed E-state index contributed by atoms with van der Waals surface area (Å²) >= 11 is 0. The van der Waals surface area contributed by atoms with Crippen molar-refractivity contribution >= 4 is 17.8 Å². The summed E-state index contributed by atoms with van der Waals surface area (Å²) in [6.45, 7) is 0. The number of phenols is 2. The largest absolute Gasteiger partial charge is 0.504 e. The zero-order chi connectivity index (χ0) is 15.6. The summed E-state index contributed by atoms with van der Waals surface area (Å²) in [7, 11) is 0. The lowest BCUT2D eigenvalue weighted by molar-refractivity contribution is -0.386. The van der Waals surface area contributed by atoms with Crippen LogP contribution in [0.4, 0.5) is 5.69 Å². The zero-order valence-electron chi connectivity index (χ0n) is 10.4. The molecular formula is C12H9N3O6. The van der Waals surface area contributed by atoms with Crippen molar-refractivity contribution in [2.75, 3.05) is 0 Å². The van der Waals surface area contributed by atoms with Crippen molar-refractivity contribution in [3.63, 3.8) is 0 Å². The molecule has 1 aromatic carbocycles. The molecule has 0 spiro atoms. The van der Waals surface area contributed by atoms with E-state index in [2.05, 4.69) is 4.98 Å². The molecule has 0 aliphatic rings. The average Bonchev–Trinajstić information content (AvgIpc) is 2.38. The van der Waals surface area contributed by atoms with Crippen molar-refractivity contribution in [3.05, 3.63) is 60.4 Å². The molecule has 108 valence electrons. The van der Waals surface area contributed by atoms with Crippen LogP contribution in [0.3, 0.4) is 0 Å². The molecule has 0 aliphatic heterocycles. The standard InChI is InChI=1S/C12H9N3O6/c16-8-4-2-6(5-9(8)17)1-3-7-10(15(20)21)11(18)14-12(19)13-7/h1-5,16-17H,(H2,13,14,18,19). The topological polar surface area (TPSA) is 149 Å². The Morgan fingerprint density at radius 3 is 2.43 bits per heavy atom. The number of aromatic nitrogens is 2. The van der Waals surface area contributed by atoms with Crippen LogP contribution >= 0.6 is 0 Å². The molecule has 2 rings (SSSR count). The fraction of sp³-hybridized carbons (Fsp3) is 0. The van der Waals surface area contributed by atoms with Crippen LogP contribution in [0.15, 0.2) is 27.8 Å². The van der Waals surface area contributed by atoms with Gasteiger partial charge < -0.3 is 15.2 Å². The summed E-state index contributed by atoms with van der Waals surface area (Å²) in [5, 5.41) is 29.3. The van der Waals surface area contributed by atoms with Gasteiger partial charge in [0.05, 0.1) is 4.92 Å². The molecule has 0 saturated heterocycles. The summed E-state index contributed by atoms with van der Waals surface area (Å²) in [6.07, 6.45) is 2.48. The molecule has 0 amide bonds. The van der Waals surface area contributed by atoms with Crippen molar-refractivity contribution in [3.8, 4) is 11.5 Å². The highest BCUT2D eigenvalue weighted by atomic mass is 16.6. The van der Waals surface area contributed by atoms with E-state index in [1.165, 1.54) is 24.3 Å². The van der Waals surface area contributed by atoms with E-state index >= 15 is 0 Å². The van der Waals surface area contributed by atoms with Crippen molar-refractivity contribution in [2.45, 2.75) is 0 Å². The summed E-state index contributed by atoms with van der Waals surface area (Å²) in [6, 6.07) is 3.87. The van der Waals surface area contributed by atoms with Crippen LogP contribution < -0.4 is 11.2 Å². The van der Waals surface area contributed by atoms with E-state index in [1.54, 1.807) is 4.98 Å². The fourth-order valence-electron chi connectivity index (χ4n) is 1.62. The van der Waals surface area contributed by atoms with Crippen LogP contribution in [0.1, 0.15) is 11.3 Å². The van der Waals surface area contributed by atoms with Gasteiger partial charge in [-0.1, -0.05) is 12.1 Å². The van der Waals surface area contributed by atoms with Gasteiger partial charge in [-0.05, 0) is 23.8 Å². The minimum absolute atomic E-state index is 0.277. The third-order valence-corrected chi connectivity index (χ3v) is 2.57. The first-order chi connectivity index (χ1) is 9.88. The maximum Gasteiger partial charge on any atom is 0.357 e. The van der Waals surface area contributed by atoms with E-state index in [9.17, 15) is 24.8 Å². The first kappa shape index (κ1) is 14.1. The Morgan fingerprint density at radius 2 is 1.81 bits per heavy atom. The SMILES string of the molecule is O=c1[nH]c(C=Cc2ccc(O)c(O)c2)c([N+](=O)[O-])c(=O)[nH]1. The van der Waals surface area contributed by atoms with Gasteiger partial charge >= 0.3 is 16.9 Å². The second-order valence-corrected chi connectivity index (χ2v) is 4.01. The number of benzene rings is 1. The van der Waals surface area contributed by atoms with Crippen LogP contribution in [0.25, 0.3) is 12.2 Å². The number of nitro groups is 1. The Balaban J connectivity index is 2.50. The minimum Gasteiger partial charge on any atom is -0.504 e. The monoisotopic (exact) mass is 291 g/mol. The second-order valence-electron chi connectivity index (χ2n) is 4.01. The number of rotatable bonds is 3. The van der Waals surface area contributed by atoms with Crippen molar-refractivity contribution < 1.29 is 15.1 Å². The second kappa shape index (κ2) is 5.33. The molecule has 9 nitrogen and oxygen atoms in total. The number of hydrogen-bond acceptors (Lipinski definition) is 6. The molecule has 0 atom stereocenters. The molecule has 1 heterocycles. The quantitative estimate of drug-likeness (QED) is 0.368. The molecule has 2 aromatic rings. The Kier molecular flexibility index (Phi) is 3.57. The highest BCUT2D eigenvalue weighted by Gasteiger charge is 2.18. The number of hydrogen-bond donors (Lipinski definition) is 4. The van der Waals surface area contributed by atoms with Gasteiger partial charge in [0.2, 0.25) is 0 Å². The number of H-pyrrole nitrogens is 2. The normalized spacial score (nSPS) is 10.9. The highest BCUT2D eigenvalue weighted by Crippen LogP contribution is 2.25. The average molecular weight is 291 g/mol. The van der Waals surface area contributed by atoms with Crippen LogP contribution in [0.2, 0.25) is 0 Å². The lowest BCUT2D eigenvalue weighted by Gasteiger charge is -1.99. The summed E-state index contributed by atoms with van der Waals surface area (Å²) in [4.78, 5) is 36.4. The lowest BCUT2D eigenvalue weighted by atomic mass is 10.1. The van der Waals surface area contributed by atoms with Gasteiger partial charge in [0.25, 0.3) is 0 Å². The van der Waals surface area contributed by atoms with E-state index in [1.807, 2.05) is 0 Å². The lowest BCUT2D eigenvalue weighted by Crippen LogP contribution is -2.25. The maximum absolute atomic E-state index is 11.4.